The molecule has 0 fully saturated rings. The molecule has 6 aliphatic rings. The molecule has 0 N–H and O–H groups in total. The van der Waals surface area contributed by atoms with Gasteiger partial charge in [0.05, 0.1) is 28.2 Å². The Morgan fingerprint density at radius 1 is 0.228 bits per heavy atom. The molecule has 18 aromatic carbocycles. The predicted octanol–water partition coefficient (Wildman–Crippen LogP) is 39.2. The fraction of sp³-hybridized carbons (Fsp3) is 0.169. The van der Waals surface area contributed by atoms with Crippen molar-refractivity contribution in [2.45, 2.75) is 156 Å². The third-order valence-electron chi connectivity index (χ3n) is 26.4. The minimum absolute atomic E-state index is 0.151. The van der Waals surface area contributed by atoms with Crippen LogP contribution in [0.5, 0.6) is 11.5 Å². The first-order valence-electron chi connectivity index (χ1n) is 48.6. The van der Waals surface area contributed by atoms with Crippen LogP contribution in [0.25, 0.3) is 86.6 Å². The van der Waals surface area contributed by atoms with Gasteiger partial charge in [-0.25, -0.2) is 0 Å². The summed E-state index contributed by atoms with van der Waals surface area (Å²) < 4.78 is 14.5. The zero-order valence-corrected chi connectivity index (χ0v) is 83.7. The maximum atomic E-state index is 6.07. The molecule has 1 spiro atoms. The van der Waals surface area contributed by atoms with Crippen LogP contribution in [0, 0.1) is 13.8 Å². The second-order valence-electron chi connectivity index (χ2n) is 34.6. The number of rotatable bonds is 2. The molecule has 0 amide bonds. The van der Waals surface area contributed by atoms with E-state index in [1.807, 2.05) is 153 Å². The van der Waals surface area contributed by atoms with Gasteiger partial charge in [-0.15, -0.1) is 11.3 Å². The maximum Gasteiger partial charge on any atom is 0.151 e. The molecule has 4 heterocycles. The molecular weight excluding hydrogens is 1690 g/mol. The van der Waals surface area contributed by atoms with Crippen molar-refractivity contribution in [1.29, 1.82) is 0 Å². The average molecular weight is 1810 g/mol. The molecule has 2 aliphatic heterocycles. The lowest BCUT2D eigenvalue weighted by atomic mass is 9.55. The second-order valence-corrected chi connectivity index (χ2v) is 36.8. The summed E-state index contributed by atoms with van der Waals surface area (Å²) in [6.45, 7) is 38.3. The van der Waals surface area contributed by atoms with Gasteiger partial charge in [-0.1, -0.05) is 462 Å². The van der Waals surface area contributed by atoms with Crippen molar-refractivity contribution in [3.63, 3.8) is 0 Å². The van der Waals surface area contributed by atoms with E-state index in [1.165, 1.54) is 158 Å². The van der Waals surface area contributed by atoms with Gasteiger partial charge in [-0.05, 0) is 222 Å². The first kappa shape index (κ1) is 96.3. The Labute approximate surface area is 816 Å². The topological polar surface area (TPSA) is 28.9 Å². The van der Waals surface area contributed by atoms with Crippen molar-refractivity contribution in [3.8, 4) is 56.0 Å². The molecule has 6 heteroatoms. The Hall–Kier alpha value is -14.3. The van der Waals surface area contributed by atoms with Crippen LogP contribution in [0.1, 0.15) is 166 Å². The summed E-state index contributed by atoms with van der Waals surface area (Å²) in [6.07, 6.45) is 0. The minimum atomic E-state index is -0.180. The van der Waals surface area contributed by atoms with Crippen LogP contribution in [0.2, 0.25) is 0 Å². The second kappa shape index (κ2) is 43.4. The van der Waals surface area contributed by atoms with Gasteiger partial charge in [0, 0.05) is 57.5 Å². The molecule has 20 aromatic rings. The van der Waals surface area contributed by atoms with Gasteiger partial charge in [0.1, 0.15) is 11.2 Å². The van der Waals surface area contributed by atoms with E-state index in [2.05, 4.69) is 441 Å². The molecule has 136 heavy (non-hydrogen) atoms. The van der Waals surface area contributed by atoms with E-state index in [1.54, 1.807) is 0 Å². The van der Waals surface area contributed by atoms with Crippen LogP contribution in [0.4, 0.5) is 34.1 Å². The molecule has 680 valence electrons. The number of fused-ring (bicyclic) bond motifs is 26. The third kappa shape index (κ3) is 18.4. The Morgan fingerprint density at radius 2 is 0.515 bits per heavy atom. The number of benzene rings is 18. The van der Waals surface area contributed by atoms with E-state index in [-0.39, 0.29) is 21.7 Å². The molecule has 0 bridgehead atoms. The summed E-state index contributed by atoms with van der Waals surface area (Å²) in [4.78, 5) is 7.21. The number of furan rings is 1. The number of hydrogen-bond donors (Lipinski definition) is 0. The molecule has 4 nitrogen and oxygen atoms in total. The van der Waals surface area contributed by atoms with Crippen molar-refractivity contribution in [2.75, 3.05) is 9.80 Å². The van der Waals surface area contributed by atoms with E-state index in [0.29, 0.717) is 0 Å². The van der Waals surface area contributed by atoms with Crippen molar-refractivity contribution in [3.05, 3.63) is 492 Å². The van der Waals surface area contributed by atoms with Crippen LogP contribution >= 0.6 is 23.1 Å². The smallest absolute Gasteiger partial charge is 0.151 e. The Kier molecular flexibility index (Phi) is 30.7. The van der Waals surface area contributed by atoms with E-state index in [4.69, 9.17) is 9.15 Å². The highest BCUT2D eigenvalue weighted by Gasteiger charge is 2.52. The number of hydrogen-bond acceptors (Lipinski definition) is 6. The SMILES string of the molecule is CC.CC.CC.CC.CC.CC1(C)c2ccccc2-c2ccccc21.CC1(C)c2ccccc2-c2ccccc2C1(C)C.Cc1ccc2c(c1)Oc1ccccc1N2c1ccccc1.Cc1ccc2c(c1)Sc1ccccc1N2c1ccccc1.c1ccc2c(c1)-c1ccccc1C21c2ccccc2-c2ccccc21.c1ccc2c(c1)oc1ccccc12.c1ccc2c(c1)sc1ccccc12. The summed E-state index contributed by atoms with van der Waals surface area (Å²) in [5, 5.41) is 5.14. The number of para-hydroxylation sites is 7. The van der Waals surface area contributed by atoms with Crippen LogP contribution in [-0.2, 0) is 21.7 Å². The van der Waals surface area contributed by atoms with E-state index in [0.717, 1.165) is 39.7 Å². The Morgan fingerprint density at radius 3 is 0.941 bits per heavy atom. The molecule has 0 saturated carbocycles. The molecule has 26 rings (SSSR count). The van der Waals surface area contributed by atoms with Crippen molar-refractivity contribution in [2.24, 2.45) is 0 Å². The summed E-state index contributed by atoms with van der Waals surface area (Å²) >= 11 is 3.72. The summed E-state index contributed by atoms with van der Waals surface area (Å²) in [7, 11) is 0. The van der Waals surface area contributed by atoms with E-state index >= 15 is 0 Å². The van der Waals surface area contributed by atoms with Crippen LogP contribution in [-0.4, -0.2) is 0 Å². The normalized spacial score (nSPS) is 13.2. The third-order valence-corrected chi connectivity index (χ3v) is 28.7. The zero-order valence-electron chi connectivity index (χ0n) is 82.1. The van der Waals surface area contributed by atoms with Crippen molar-refractivity contribution >= 4 is 99.3 Å². The minimum Gasteiger partial charge on any atom is -0.456 e. The molecule has 0 radical (unpaired) electrons. The van der Waals surface area contributed by atoms with Gasteiger partial charge >= 0.3 is 0 Å². The predicted molar refractivity (Wildman–Crippen MR) is 590 cm³/mol. The van der Waals surface area contributed by atoms with Crippen LogP contribution < -0.4 is 14.5 Å². The van der Waals surface area contributed by atoms with Gasteiger partial charge in [-0.2, -0.15) is 0 Å². The molecular formula is C130H126N2O2S2. The van der Waals surface area contributed by atoms with Gasteiger partial charge in [0.15, 0.2) is 11.5 Å². The number of ether oxygens (including phenoxy) is 1. The zero-order chi connectivity index (χ0) is 95.7. The molecule has 0 saturated heterocycles. The summed E-state index contributed by atoms with van der Waals surface area (Å²) in [5.41, 5.74) is 34.2. The van der Waals surface area contributed by atoms with Gasteiger partial charge in [-0.3, -0.25) is 0 Å². The van der Waals surface area contributed by atoms with E-state index < -0.39 is 0 Å². The quantitative estimate of drug-likeness (QED) is 0.172. The first-order valence-corrected chi connectivity index (χ1v) is 50.2. The Bertz CT molecular complexity index is 6820. The number of anilines is 6. The summed E-state index contributed by atoms with van der Waals surface area (Å²) in [6, 6.07) is 155. The summed E-state index contributed by atoms with van der Waals surface area (Å²) in [5.74, 6) is 1.79. The van der Waals surface area contributed by atoms with Gasteiger partial charge in [0.2, 0.25) is 0 Å². The highest BCUT2D eigenvalue weighted by Crippen LogP contribution is 2.63. The highest BCUT2D eigenvalue weighted by molar-refractivity contribution is 7.99. The van der Waals surface area contributed by atoms with Gasteiger partial charge < -0.3 is 19.0 Å². The number of aryl methyl sites for hydroxylation is 2. The fourth-order valence-corrected chi connectivity index (χ4v) is 22.0. The molecule has 0 atom stereocenters. The van der Waals surface area contributed by atoms with Gasteiger partial charge in [0.25, 0.3) is 0 Å². The number of thiophene rings is 1. The lowest BCUT2D eigenvalue weighted by molar-refractivity contribution is 0.299. The highest BCUT2D eigenvalue weighted by atomic mass is 32.2. The van der Waals surface area contributed by atoms with E-state index in [9.17, 15) is 0 Å². The van der Waals surface area contributed by atoms with Crippen LogP contribution in [0.15, 0.2) is 451 Å². The lowest BCUT2D eigenvalue weighted by Crippen LogP contribution is -2.43. The van der Waals surface area contributed by atoms with Crippen molar-refractivity contribution in [1.82, 2.24) is 0 Å². The Balaban J connectivity index is 0.000000120. The molecule has 0 unspecified atom stereocenters. The standard InChI is InChI=1S/C25H16.C19H15NO.C19H15NS.C18H20.C15H14.C12H8O.C12H8S.5C2H6/c1-5-13-21-17(9-1)18-10-2-6-14-22(18)25(21)23-15-7-3-11-19(23)20-12-4-8-16-24(20)25;2*1-14-11-12-17-19(13-14)21-18-10-6-5-9-16(18)20(17)15-7-3-2-4-8-15;1-17(2)15-11-7-5-9-13(15)14-10-6-8-12-16(14)18(17,3)4;1-15(2)13-9-5-3-7-11(13)12-8-4-6-10-14(12)15;2*1-3-7-11-9(5-1)10-6-2-4-8-12(10)13-11;5*1-2/h1-16H;2*2-13H,1H3;5-12H,1-4H3;3-10H,1-2H3;2*1-8H;5*1-2H3. The first-order chi connectivity index (χ1) is 66.6. The number of nitrogens with zero attached hydrogens (tertiary/aromatic N) is 2. The van der Waals surface area contributed by atoms with Crippen LogP contribution in [0.3, 0.4) is 0 Å². The monoisotopic (exact) mass is 1810 g/mol. The average Bonchev–Trinajstić information content (AvgIpc) is 1.51. The maximum absolute atomic E-state index is 6.07. The fourth-order valence-electron chi connectivity index (χ4n) is 19.7. The van der Waals surface area contributed by atoms with Crippen molar-refractivity contribution < 1.29 is 9.15 Å². The lowest BCUT2D eigenvalue weighted by Gasteiger charge is -2.48. The molecule has 2 aromatic heterocycles. The molecule has 4 aliphatic carbocycles. The largest absolute Gasteiger partial charge is 0.456 e.